The number of fused-ring (bicyclic) bond motifs is 1. The molecule has 0 aliphatic carbocycles. The van der Waals surface area contributed by atoms with Crippen molar-refractivity contribution in [2.75, 3.05) is 0 Å². The van der Waals surface area contributed by atoms with Gasteiger partial charge in [-0.3, -0.25) is 4.79 Å². The molecule has 3 aromatic carbocycles. The first-order valence-corrected chi connectivity index (χ1v) is 10.5. The molecule has 0 unspecified atom stereocenters. The fraction of sp³-hybridized carbons (Fsp3) is 0.111. The van der Waals surface area contributed by atoms with Crippen molar-refractivity contribution in [3.05, 3.63) is 105 Å². The van der Waals surface area contributed by atoms with E-state index in [2.05, 4.69) is 0 Å². The van der Waals surface area contributed by atoms with Gasteiger partial charge in [-0.05, 0) is 60.9 Å². The molecule has 0 bridgehead atoms. The Labute approximate surface area is 198 Å². The first-order valence-electron chi connectivity index (χ1n) is 10.5. The second-order valence-electron chi connectivity index (χ2n) is 7.84. The van der Waals surface area contributed by atoms with E-state index >= 15 is 0 Å². The standard InChI is InChI=1S/C27H19F3O5/c1-16-12-17(2)14-20(13-16)34-25-24(32)21-10-9-19(15-22(21)35-26(25)27(28,29)30)33-23(31)11-8-18-6-4-3-5-7-18/h3-15H,1-2H3/b11-8+. The van der Waals surface area contributed by atoms with Crippen LogP contribution >= 0.6 is 0 Å². The maximum atomic E-state index is 13.8. The molecule has 0 spiro atoms. The zero-order chi connectivity index (χ0) is 25.2. The molecule has 0 N–H and O–H groups in total. The summed E-state index contributed by atoms with van der Waals surface area (Å²) >= 11 is 0. The number of rotatable bonds is 5. The van der Waals surface area contributed by atoms with E-state index in [4.69, 9.17) is 13.9 Å². The lowest BCUT2D eigenvalue weighted by atomic mass is 10.1. The molecular weight excluding hydrogens is 461 g/mol. The fourth-order valence-electron chi connectivity index (χ4n) is 3.49. The summed E-state index contributed by atoms with van der Waals surface area (Å²) in [6.07, 6.45) is -2.30. The molecule has 0 aliphatic heterocycles. The van der Waals surface area contributed by atoms with E-state index in [9.17, 15) is 22.8 Å². The van der Waals surface area contributed by atoms with Crippen LogP contribution in [0.5, 0.6) is 17.2 Å². The molecule has 4 rings (SSSR count). The Kier molecular flexibility index (Phi) is 6.46. The topological polar surface area (TPSA) is 65.7 Å². The highest BCUT2D eigenvalue weighted by molar-refractivity contribution is 5.89. The van der Waals surface area contributed by atoms with E-state index in [1.165, 1.54) is 36.4 Å². The summed E-state index contributed by atoms with van der Waals surface area (Å²) in [5.41, 5.74) is 0.880. The van der Waals surface area contributed by atoms with Gasteiger partial charge in [-0.1, -0.05) is 36.4 Å². The van der Waals surface area contributed by atoms with Gasteiger partial charge in [0.1, 0.15) is 17.1 Å². The molecule has 0 amide bonds. The molecule has 0 radical (unpaired) electrons. The molecule has 4 aromatic rings. The van der Waals surface area contributed by atoms with Crippen molar-refractivity contribution in [2.24, 2.45) is 0 Å². The Morgan fingerprint density at radius 2 is 1.60 bits per heavy atom. The quantitative estimate of drug-likeness (QED) is 0.178. The van der Waals surface area contributed by atoms with Crippen LogP contribution in [0.1, 0.15) is 22.5 Å². The predicted octanol–water partition coefficient (Wildman–Crippen LogP) is 6.84. The summed E-state index contributed by atoms with van der Waals surface area (Å²) in [7, 11) is 0. The molecule has 0 aliphatic rings. The number of hydrogen-bond donors (Lipinski definition) is 0. The number of halogens is 3. The average Bonchev–Trinajstić information content (AvgIpc) is 2.79. The van der Waals surface area contributed by atoms with Gasteiger partial charge in [-0.15, -0.1) is 0 Å². The minimum atomic E-state index is -5.01. The molecule has 1 heterocycles. The molecule has 0 saturated carbocycles. The molecule has 8 heteroatoms. The Bertz CT molecular complexity index is 1460. The van der Waals surface area contributed by atoms with Crippen LogP contribution in [0.25, 0.3) is 17.0 Å². The molecule has 0 fully saturated rings. The summed E-state index contributed by atoms with van der Waals surface area (Å²) in [6.45, 7) is 3.51. The van der Waals surface area contributed by atoms with Gasteiger partial charge in [0.2, 0.25) is 11.2 Å². The van der Waals surface area contributed by atoms with Crippen LogP contribution in [0.2, 0.25) is 0 Å². The van der Waals surface area contributed by atoms with Crippen LogP contribution in [0.3, 0.4) is 0 Å². The number of alkyl halides is 3. The second kappa shape index (κ2) is 9.50. The molecule has 5 nitrogen and oxygen atoms in total. The lowest BCUT2D eigenvalue weighted by Crippen LogP contribution is -2.15. The first-order chi connectivity index (χ1) is 16.6. The van der Waals surface area contributed by atoms with E-state index in [-0.39, 0.29) is 16.9 Å². The number of hydrogen-bond acceptors (Lipinski definition) is 5. The smallest absolute Gasteiger partial charge is 0.449 e. The van der Waals surface area contributed by atoms with Gasteiger partial charge in [0, 0.05) is 12.1 Å². The van der Waals surface area contributed by atoms with E-state index < -0.39 is 34.7 Å². The van der Waals surface area contributed by atoms with Crippen molar-refractivity contribution in [3.8, 4) is 17.2 Å². The van der Waals surface area contributed by atoms with Gasteiger partial charge in [0.05, 0.1) is 5.39 Å². The van der Waals surface area contributed by atoms with Crippen LogP contribution in [0.15, 0.2) is 82.0 Å². The van der Waals surface area contributed by atoms with Crippen LogP contribution in [-0.4, -0.2) is 5.97 Å². The van der Waals surface area contributed by atoms with Crippen molar-refractivity contribution in [1.29, 1.82) is 0 Å². The predicted molar refractivity (Wildman–Crippen MR) is 125 cm³/mol. The summed E-state index contributed by atoms with van der Waals surface area (Å²) in [5, 5.41) is -0.156. The van der Waals surface area contributed by atoms with Gasteiger partial charge < -0.3 is 13.9 Å². The zero-order valence-corrected chi connectivity index (χ0v) is 18.7. The van der Waals surface area contributed by atoms with Gasteiger partial charge in [0.15, 0.2) is 0 Å². The third-order valence-electron chi connectivity index (χ3n) is 4.92. The number of aryl methyl sites for hydroxylation is 2. The highest BCUT2D eigenvalue weighted by Crippen LogP contribution is 2.39. The normalized spacial score (nSPS) is 11.7. The summed E-state index contributed by atoms with van der Waals surface area (Å²) in [6, 6.07) is 17.4. The maximum absolute atomic E-state index is 13.8. The van der Waals surface area contributed by atoms with Crippen LogP contribution < -0.4 is 14.9 Å². The van der Waals surface area contributed by atoms with Crippen molar-refractivity contribution in [1.82, 2.24) is 0 Å². The lowest BCUT2D eigenvalue weighted by Gasteiger charge is -2.14. The van der Waals surface area contributed by atoms with Gasteiger partial charge in [0.25, 0.3) is 5.76 Å². The van der Waals surface area contributed by atoms with E-state index in [0.717, 1.165) is 22.8 Å². The van der Waals surface area contributed by atoms with Gasteiger partial charge in [-0.25, -0.2) is 4.79 Å². The molecule has 1 aromatic heterocycles. The van der Waals surface area contributed by atoms with E-state index in [0.29, 0.717) is 0 Å². The Hall–Kier alpha value is -4.33. The molecule has 0 saturated heterocycles. The SMILES string of the molecule is Cc1cc(C)cc(Oc2c(C(F)(F)F)oc3cc(OC(=O)/C=C/c4ccccc4)ccc3c2=O)c1. The molecule has 178 valence electrons. The van der Waals surface area contributed by atoms with Crippen molar-refractivity contribution >= 4 is 23.0 Å². The van der Waals surface area contributed by atoms with Crippen LogP contribution in [0.4, 0.5) is 13.2 Å². The van der Waals surface area contributed by atoms with Gasteiger partial charge in [-0.2, -0.15) is 13.2 Å². The largest absolute Gasteiger partial charge is 0.453 e. The fourth-order valence-corrected chi connectivity index (χ4v) is 3.49. The molecule has 0 atom stereocenters. The lowest BCUT2D eigenvalue weighted by molar-refractivity contribution is -0.154. The Balaban J connectivity index is 1.69. The second-order valence-corrected chi connectivity index (χ2v) is 7.84. The van der Waals surface area contributed by atoms with E-state index in [1.54, 1.807) is 38.1 Å². The molecular formula is C27H19F3O5. The summed E-state index contributed by atoms with van der Waals surface area (Å²) < 4.78 is 57.0. The number of esters is 1. The Morgan fingerprint density at radius 1 is 0.914 bits per heavy atom. The average molecular weight is 480 g/mol. The first kappa shape index (κ1) is 23.8. The van der Waals surface area contributed by atoms with Crippen molar-refractivity contribution in [2.45, 2.75) is 20.0 Å². The minimum Gasteiger partial charge on any atom is -0.449 e. The monoisotopic (exact) mass is 480 g/mol. The maximum Gasteiger partial charge on any atom is 0.453 e. The third kappa shape index (κ3) is 5.60. The highest BCUT2D eigenvalue weighted by Gasteiger charge is 2.40. The van der Waals surface area contributed by atoms with E-state index in [1.807, 2.05) is 12.1 Å². The van der Waals surface area contributed by atoms with Crippen LogP contribution in [0, 0.1) is 13.8 Å². The highest BCUT2D eigenvalue weighted by atomic mass is 19.4. The number of ether oxygens (including phenoxy) is 2. The van der Waals surface area contributed by atoms with Gasteiger partial charge >= 0.3 is 12.1 Å². The van der Waals surface area contributed by atoms with Crippen LogP contribution in [-0.2, 0) is 11.0 Å². The Morgan fingerprint density at radius 3 is 2.26 bits per heavy atom. The van der Waals surface area contributed by atoms with Crippen molar-refractivity contribution in [3.63, 3.8) is 0 Å². The minimum absolute atomic E-state index is 0.0791. The number of carbonyl (C=O) groups excluding carboxylic acids is 1. The zero-order valence-electron chi connectivity index (χ0n) is 18.7. The number of benzene rings is 3. The van der Waals surface area contributed by atoms with Crippen molar-refractivity contribution < 1.29 is 31.9 Å². The summed E-state index contributed by atoms with van der Waals surface area (Å²) in [5.74, 6) is -3.30. The molecule has 35 heavy (non-hydrogen) atoms. The summed E-state index contributed by atoms with van der Waals surface area (Å²) in [4.78, 5) is 25.1. The number of carbonyl (C=O) groups is 1. The third-order valence-corrected chi connectivity index (χ3v) is 4.92.